The van der Waals surface area contributed by atoms with E-state index in [1.807, 2.05) is 0 Å². The van der Waals surface area contributed by atoms with E-state index in [2.05, 4.69) is 5.32 Å². The minimum atomic E-state index is -1.88. The number of aliphatic carboxylic acids is 1. The summed E-state index contributed by atoms with van der Waals surface area (Å²) in [5.41, 5.74) is 2.29. The number of carboxylic acids is 1. The highest BCUT2D eigenvalue weighted by Gasteiger charge is 2.47. The summed E-state index contributed by atoms with van der Waals surface area (Å²) in [6, 6.07) is 0. The Kier molecular flexibility index (Phi) is 4.18. The zero-order chi connectivity index (χ0) is 14.1. The molecule has 0 heterocycles. The molecule has 100 valence electrons. The van der Waals surface area contributed by atoms with Crippen LogP contribution in [-0.2, 0) is 9.53 Å². The number of amides is 1. The third-order valence-electron chi connectivity index (χ3n) is 2.22. The second-order valence-electron chi connectivity index (χ2n) is 5.99. The van der Waals surface area contributed by atoms with Crippen molar-refractivity contribution in [2.75, 3.05) is 0 Å². The lowest BCUT2D eigenvalue weighted by atomic mass is 9.81. The van der Waals surface area contributed by atoms with Gasteiger partial charge in [0.2, 0.25) is 0 Å². The maximum atomic E-state index is 11.5. The van der Waals surface area contributed by atoms with Crippen LogP contribution in [0, 0.1) is 5.41 Å². The molecule has 0 radical (unpaired) electrons. The van der Waals surface area contributed by atoms with Gasteiger partial charge in [-0.05, 0) is 20.8 Å². The summed E-state index contributed by atoms with van der Waals surface area (Å²) in [7, 11) is 0. The van der Waals surface area contributed by atoms with Gasteiger partial charge in [0.05, 0.1) is 0 Å². The van der Waals surface area contributed by atoms with Crippen molar-refractivity contribution in [1.29, 1.82) is 0 Å². The Morgan fingerprint density at radius 2 is 1.53 bits per heavy atom. The van der Waals surface area contributed by atoms with E-state index < -0.39 is 28.7 Å². The first-order valence-electron chi connectivity index (χ1n) is 5.33. The Bertz CT molecular complexity index is 314. The first-order valence-corrected chi connectivity index (χ1v) is 5.33. The van der Waals surface area contributed by atoms with Gasteiger partial charge in [-0.2, -0.15) is 0 Å². The molecule has 0 saturated heterocycles. The number of hydrogen-bond acceptors (Lipinski definition) is 4. The normalized spacial score (nSPS) is 15.9. The Labute approximate surface area is 102 Å². The van der Waals surface area contributed by atoms with E-state index >= 15 is 0 Å². The molecule has 4 N–H and O–H groups in total. The van der Waals surface area contributed by atoms with Gasteiger partial charge in [0.25, 0.3) is 0 Å². The van der Waals surface area contributed by atoms with Crippen LogP contribution < -0.4 is 11.1 Å². The quantitative estimate of drug-likeness (QED) is 0.637. The number of alkyl carbamates (subject to hydrolysis) is 1. The Hall–Kier alpha value is -1.30. The average molecular weight is 246 g/mol. The molecule has 0 aliphatic heterocycles. The highest BCUT2D eigenvalue weighted by molar-refractivity contribution is 5.84. The number of carbonyl (C=O) groups excluding carboxylic acids is 1. The number of carboxylic acid groups (broad SMARTS) is 1. The van der Waals surface area contributed by atoms with E-state index in [0.29, 0.717) is 0 Å². The number of ether oxygens (including phenoxy) is 1. The maximum Gasteiger partial charge on any atom is 0.409 e. The molecule has 6 heteroatoms. The van der Waals surface area contributed by atoms with Crippen molar-refractivity contribution in [2.45, 2.75) is 52.8 Å². The van der Waals surface area contributed by atoms with E-state index in [0.717, 1.165) is 0 Å². The fraction of sp³-hybridized carbons (Fsp3) is 0.818. The lowest BCUT2D eigenvalue weighted by Gasteiger charge is -2.38. The lowest BCUT2D eigenvalue weighted by molar-refractivity contribution is -0.149. The third kappa shape index (κ3) is 4.22. The fourth-order valence-electron chi connectivity index (χ4n) is 1.03. The Morgan fingerprint density at radius 1 is 1.12 bits per heavy atom. The van der Waals surface area contributed by atoms with Gasteiger partial charge in [-0.3, -0.25) is 11.1 Å². The number of carbonyl (C=O) groups is 2. The number of nitrogens with two attached hydrogens (primary N) is 1. The lowest BCUT2D eigenvalue weighted by Crippen LogP contribution is -2.69. The predicted octanol–water partition coefficient (Wildman–Crippen LogP) is 1.30. The molecule has 1 amide bonds. The number of rotatable bonds is 2. The van der Waals surface area contributed by atoms with Crippen LogP contribution in [0.15, 0.2) is 0 Å². The van der Waals surface area contributed by atoms with Gasteiger partial charge >= 0.3 is 12.1 Å². The monoisotopic (exact) mass is 246 g/mol. The summed E-state index contributed by atoms with van der Waals surface area (Å²) in [5.74, 6) is -1.31. The summed E-state index contributed by atoms with van der Waals surface area (Å²) in [6.45, 7) is 9.92. The maximum absolute atomic E-state index is 11.5. The highest BCUT2D eigenvalue weighted by atomic mass is 16.6. The Morgan fingerprint density at radius 3 is 1.76 bits per heavy atom. The molecular weight excluding hydrogens is 224 g/mol. The molecule has 17 heavy (non-hydrogen) atoms. The van der Waals surface area contributed by atoms with Gasteiger partial charge in [-0.15, -0.1) is 0 Å². The van der Waals surface area contributed by atoms with Crippen LogP contribution in [0.25, 0.3) is 0 Å². The zero-order valence-corrected chi connectivity index (χ0v) is 11.2. The average Bonchev–Trinajstić information content (AvgIpc) is 1.96. The van der Waals surface area contributed by atoms with Crippen molar-refractivity contribution in [1.82, 2.24) is 5.32 Å². The van der Waals surface area contributed by atoms with E-state index in [9.17, 15) is 9.59 Å². The zero-order valence-electron chi connectivity index (χ0n) is 11.2. The minimum absolute atomic E-state index is 0.707. The van der Waals surface area contributed by atoms with E-state index in [1.165, 1.54) is 0 Å². The predicted molar refractivity (Wildman–Crippen MR) is 63.4 cm³/mol. The molecule has 0 aliphatic rings. The molecule has 0 rings (SSSR count). The van der Waals surface area contributed by atoms with Gasteiger partial charge in [-0.25, -0.2) is 9.59 Å². The Balaban J connectivity index is 4.93. The summed E-state index contributed by atoms with van der Waals surface area (Å²) in [5, 5.41) is 11.3. The van der Waals surface area contributed by atoms with Crippen molar-refractivity contribution in [3.63, 3.8) is 0 Å². The molecule has 0 aromatic rings. The second kappa shape index (κ2) is 4.52. The van der Waals surface area contributed by atoms with Crippen LogP contribution in [0.3, 0.4) is 0 Å². The molecule has 1 atom stereocenters. The first-order chi connectivity index (χ1) is 7.29. The van der Waals surface area contributed by atoms with Crippen LogP contribution in [-0.4, -0.2) is 28.4 Å². The van der Waals surface area contributed by atoms with E-state index in [-0.39, 0.29) is 0 Å². The van der Waals surface area contributed by atoms with Crippen molar-refractivity contribution in [2.24, 2.45) is 11.1 Å². The topological polar surface area (TPSA) is 102 Å². The summed E-state index contributed by atoms with van der Waals surface area (Å²) in [4.78, 5) is 22.7. The van der Waals surface area contributed by atoms with Crippen molar-refractivity contribution in [3.8, 4) is 0 Å². The van der Waals surface area contributed by atoms with Crippen LogP contribution in [0.5, 0.6) is 0 Å². The minimum Gasteiger partial charge on any atom is -0.478 e. The molecule has 0 aromatic carbocycles. The van der Waals surface area contributed by atoms with Crippen molar-refractivity contribution < 1.29 is 19.4 Å². The first kappa shape index (κ1) is 15.7. The molecule has 0 fully saturated rings. The molecule has 0 aliphatic carbocycles. The van der Waals surface area contributed by atoms with Crippen molar-refractivity contribution in [3.05, 3.63) is 0 Å². The van der Waals surface area contributed by atoms with Gasteiger partial charge in [0, 0.05) is 5.41 Å². The van der Waals surface area contributed by atoms with Crippen LogP contribution >= 0.6 is 0 Å². The summed E-state index contributed by atoms with van der Waals surface area (Å²) in [6.07, 6.45) is -0.850. The molecule has 6 nitrogen and oxygen atoms in total. The summed E-state index contributed by atoms with van der Waals surface area (Å²) < 4.78 is 4.99. The molecule has 0 aromatic heterocycles. The largest absolute Gasteiger partial charge is 0.478 e. The highest BCUT2D eigenvalue weighted by Crippen LogP contribution is 2.26. The SMILES string of the molecule is CC(C)(C)OC(=O)NC(N)(C(=O)O)C(C)(C)C. The third-order valence-corrected chi connectivity index (χ3v) is 2.22. The van der Waals surface area contributed by atoms with Crippen molar-refractivity contribution >= 4 is 12.1 Å². The van der Waals surface area contributed by atoms with Gasteiger partial charge in [0.15, 0.2) is 5.66 Å². The van der Waals surface area contributed by atoms with Gasteiger partial charge in [0.1, 0.15) is 5.60 Å². The molecule has 0 saturated carbocycles. The van der Waals surface area contributed by atoms with E-state index in [4.69, 9.17) is 15.6 Å². The molecule has 0 spiro atoms. The summed E-state index contributed by atoms with van der Waals surface area (Å²) >= 11 is 0. The van der Waals surface area contributed by atoms with E-state index in [1.54, 1.807) is 41.5 Å². The van der Waals surface area contributed by atoms with Crippen LogP contribution in [0.1, 0.15) is 41.5 Å². The standard InChI is InChI=1S/C11H22N2O4/c1-9(2,3)11(12,7(14)15)13-8(16)17-10(4,5)6/h12H2,1-6H3,(H,13,16)(H,14,15). The fourth-order valence-corrected chi connectivity index (χ4v) is 1.03. The molecule has 1 unspecified atom stereocenters. The van der Waals surface area contributed by atoms with Gasteiger partial charge in [-0.1, -0.05) is 20.8 Å². The number of nitrogens with one attached hydrogen (secondary N) is 1. The van der Waals surface area contributed by atoms with Gasteiger partial charge < -0.3 is 9.84 Å². The molecule has 0 bridgehead atoms. The number of hydrogen-bond donors (Lipinski definition) is 3. The van der Waals surface area contributed by atoms with Crippen LogP contribution in [0.2, 0.25) is 0 Å². The smallest absolute Gasteiger partial charge is 0.409 e. The second-order valence-corrected chi connectivity index (χ2v) is 5.99. The molecular formula is C11H22N2O4. The van der Waals surface area contributed by atoms with Crippen LogP contribution in [0.4, 0.5) is 4.79 Å².